The second kappa shape index (κ2) is 8.70. The van der Waals surface area contributed by atoms with Crippen molar-refractivity contribution in [1.29, 1.82) is 0 Å². The summed E-state index contributed by atoms with van der Waals surface area (Å²) >= 11 is 5.95. The Balaban J connectivity index is 2.06. The van der Waals surface area contributed by atoms with Gasteiger partial charge in [-0.3, -0.25) is 19.0 Å². The highest BCUT2D eigenvalue weighted by Crippen LogP contribution is 2.20. The van der Waals surface area contributed by atoms with E-state index in [1.54, 1.807) is 43.4 Å². The van der Waals surface area contributed by atoms with Gasteiger partial charge in [-0.25, -0.2) is 4.98 Å². The number of carbonyl (C=O) groups is 2. The van der Waals surface area contributed by atoms with E-state index in [1.165, 1.54) is 22.7 Å². The van der Waals surface area contributed by atoms with Gasteiger partial charge >= 0.3 is 0 Å². The van der Waals surface area contributed by atoms with Crippen LogP contribution < -0.4 is 15.8 Å². The summed E-state index contributed by atoms with van der Waals surface area (Å²) in [6.07, 6.45) is 1.22. The Labute approximate surface area is 172 Å². The second-order valence-corrected chi connectivity index (χ2v) is 6.70. The van der Waals surface area contributed by atoms with Crippen molar-refractivity contribution in [2.75, 3.05) is 19.0 Å². The predicted octanol–water partition coefficient (Wildman–Crippen LogP) is 2.59. The van der Waals surface area contributed by atoms with Crippen molar-refractivity contribution in [3.8, 4) is 11.4 Å². The number of carbonyl (C=O) groups excluding carboxylic acids is 2. The minimum Gasteiger partial charge on any atom is -0.355 e. The molecule has 1 heterocycles. The number of benzene rings is 2. The number of hydrogen-bond acceptors (Lipinski definition) is 4. The topological polar surface area (TPSA) is 84.3 Å². The summed E-state index contributed by atoms with van der Waals surface area (Å²) in [6.45, 7) is -0.278. The zero-order valence-electron chi connectivity index (χ0n) is 15.9. The van der Waals surface area contributed by atoms with E-state index in [0.717, 1.165) is 0 Å². The summed E-state index contributed by atoms with van der Waals surface area (Å²) in [5, 5.41) is 2.94. The van der Waals surface area contributed by atoms with Crippen molar-refractivity contribution < 1.29 is 9.59 Å². The first kappa shape index (κ1) is 20.3. The van der Waals surface area contributed by atoms with Crippen molar-refractivity contribution in [2.45, 2.75) is 6.54 Å². The predicted molar refractivity (Wildman–Crippen MR) is 112 cm³/mol. The number of hydrogen-bond donors (Lipinski definition) is 1. The van der Waals surface area contributed by atoms with Crippen LogP contribution in [0, 0.1) is 0 Å². The molecule has 1 aromatic heterocycles. The molecule has 2 aromatic carbocycles. The van der Waals surface area contributed by atoms with Gasteiger partial charge in [0, 0.05) is 36.6 Å². The van der Waals surface area contributed by atoms with Crippen LogP contribution in [-0.2, 0) is 11.3 Å². The van der Waals surface area contributed by atoms with Gasteiger partial charge in [0.15, 0.2) is 0 Å². The SMILES string of the molecule is CNC(=O)c1cnc(-c2ccc(Cl)cc2)n(CC(=O)N(C)c2ccccc2)c1=O. The summed E-state index contributed by atoms with van der Waals surface area (Å²) in [6, 6.07) is 15.8. The number of likely N-dealkylation sites (N-methyl/N-ethyl adjacent to an activating group) is 1. The van der Waals surface area contributed by atoms with Crippen LogP contribution in [0.2, 0.25) is 5.02 Å². The molecule has 8 heteroatoms. The van der Waals surface area contributed by atoms with Crippen molar-refractivity contribution in [3.63, 3.8) is 0 Å². The average Bonchev–Trinajstić information content (AvgIpc) is 2.75. The third-order valence-electron chi connectivity index (χ3n) is 4.43. The third-order valence-corrected chi connectivity index (χ3v) is 4.68. The van der Waals surface area contributed by atoms with Gasteiger partial charge < -0.3 is 10.2 Å². The highest BCUT2D eigenvalue weighted by atomic mass is 35.5. The Morgan fingerprint density at radius 2 is 1.76 bits per heavy atom. The summed E-state index contributed by atoms with van der Waals surface area (Å²) in [5.41, 5.74) is 0.554. The largest absolute Gasteiger partial charge is 0.355 e. The molecule has 0 saturated carbocycles. The summed E-state index contributed by atoms with van der Waals surface area (Å²) in [5.74, 6) is -0.624. The molecular formula is C21H19ClN4O3. The molecule has 0 unspecified atom stereocenters. The molecule has 0 aliphatic rings. The second-order valence-electron chi connectivity index (χ2n) is 6.26. The first-order valence-electron chi connectivity index (χ1n) is 8.82. The Kier molecular flexibility index (Phi) is 6.09. The molecule has 0 radical (unpaired) electrons. The minimum absolute atomic E-state index is 0.139. The van der Waals surface area contributed by atoms with E-state index in [9.17, 15) is 14.4 Å². The molecule has 29 heavy (non-hydrogen) atoms. The van der Waals surface area contributed by atoms with Crippen molar-refractivity contribution in [3.05, 3.63) is 81.7 Å². The molecular weight excluding hydrogens is 392 g/mol. The van der Waals surface area contributed by atoms with E-state index in [0.29, 0.717) is 16.3 Å². The Hall–Kier alpha value is -3.45. The van der Waals surface area contributed by atoms with Crippen LogP contribution in [0.15, 0.2) is 65.6 Å². The lowest BCUT2D eigenvalue weighted by Gasteiger charge is -2.19. The zero-order valence-corrected chi connectivity index (χ0v) is 16.7. The fraction of sp³-hybridized carbons (Fsp3) is 0.143. The van der Waals surface area contributed by atoms with Gasteiger partial charge in [0.1, 0.15) is 17.9 Å². The van der Waals surface area contributed by atoms with E-state index in [4.69, 9.17) is 11.6 Å². The van der Waals surface area contributed by atoms with Gasteiger partial charge in [0.05, 0.1) is 0 Å². The number of para-hydroxylation sites is 1. The van der Waals surface area contributed by atoms with Gasteiger partial charge in [0.2, 0.25) is 5.91 Å². The van der Waals surface area contributed by atoms with E-state index >= 15 is 0 Å². The molecule has 0 atom stereocenters. The highest BCUT2D eigenvalue weighted by molar-refractivity contribution is 6.30. The van der Waals surface area contributed by atoms with Gasteiger partial charge in [-0.05, 0) is 36.4 Å². The first-order chi connectivity index (χ1) is 13.9. The third kappa shape index (κ3) is 4.35. The van der Waals surface area contributed by atoms with Crippen LogP contribution in [0.1, 0.15) is 10.4 Å². The lowest BCUT2D eigenvalue weighted by molar-refractivity contribution is -0.118. The number of amides is 2. The van der Waals surface area contributed by atoms with Gasteiger partial charge in [0.25, 0.3) is 11.5 Å². The highest BCUT2D eigenvalue weighted by Gasteiger charge is 2.20. The first-order valence-corrected chi connectivity index (χ1v) is 9.19. The smallest absolute Gasteiger partial charge is 0.267 e. The molecule has 0 aliphatic carbocycles. The van der Waals surface area contributed by atoms with Crippen LogP contribution >= 0.6 is 11.6 Å². The minimum atomic E-state index is -0.598. The fourth-order valence-corrected chi connectivity index (χ4v) is 2.92. The Bertz CT molecular complexity index is 1100. The van der Waals surface area contributed by atoms with Gasteiger partial charge in [-0.1, -0.05) is 29.8 Å². The monoisotopic (exact) mass is 410 g/mol. The maximum absolute atomic E-state index is 13.0. The quantitative estimate of drug-likeness (QED) is 0.700. The number of aromatic nitrogens is 2. The summed E-state index contributed by atoms with van der Waals surface area (Å²) in [4.78, 5) is 43.6. The van der Waals surface area contributed by atoms with Crippen LogP contribution in [-0.4, -0.2) is 35.5 Å². The maximum Gasteiger partial charge on any atom is 0.267 e. The number of nitrogens with one attached hydrogen (secondary N) is 1. The van der Waals surface area contributed by atoms with E-state index in [-0.39, 0.29) is 23.8 Å². The Morgan fingerprint density at radius 3 is 2.38 bits per heavy atom. The molecule has 3 rings (SSSR count). The van der Waals surface area contributed by atoms with Crippen molar-refractivity contribution in [2.24, 2.45) is 0 Å². The molecule has 3 aromatic rings. The Morgan fingerprint density at radius 1 is 1.10 bits per heavy atom. The van der Waals surface area contributed by atoms with E-state index in [2.05, 4.69) is 10.3 Å². The van der Waals surface area contributed by atoms with Gasteiger partial charge in [-0.2, -0.15) is 0 Å². The molecule has 2 amide bonds. The fourth-order valence-electron chi connectivity index (χ4n) is 2.80. The van der Waals surface area contributed by atoms with Crippen molar-refractivity contribution in [1.82, 2.24) is 14.9 Å². The zero-order chi connectivity index (χ0) is 21.0. The van der Waals surface area contributed by atoms with Crippen LogP contribution in [0.5, 0.6) is 0 Å². The molecule has 0 bridgehead atoms. The lowest BCUT2D eigenvalue weighted by Crippen LogP contribution is -2.38. The number of rotatable bonds is 5. The van der Waals surface area contributed by atoms with Crippen LogP contribution in [0.4, 0.5) is 5.69 Å². The van der Waals surface area contributed by atoms with E-state index < -0.39 is 11.5 Å². The molecule has 0 fully saturated rings. The summed E-state index contributed by atoms with van der Waals surface area (Å²) < 4.78 is 1.20. The molecule has 0 aliphatic heterocycles. The van der Waals surface area contributed by atoms with E-state index in [1.807, 2.05) is 18.2 Å². The summed E-state index contributed by atoms with van der Waals surface area (Å²) in [7, 11) is 3.05. The number of nitrogens with zero attached hydrogens (tertiary/aromatic N) is 3. The van der Waals surface area contributed by atoms with Crippen molar-refractivity contribution >= 4 is 29.1 Å². The molecule has 1 N–H and O–H groups in total. The molecule has 148 valence electrons. The van der Waals surface area contributed by atoms with Crippen LogP contribution in [0.25, 0.3) is 11.4 Å². The van der Waals surface area contributed by atoms with Gasteiger partial charge in [-0.15, -0.1) is 0 Å². The average molecular weight is 411 g/mol. The molecule has 0 saturated heterocycles. The standard InChI is InChI=1S/C21H19ClN4O3/c1-23-20(28)17-12-24-19(14-8-10-15(22)11-9-14)26(21(17)29)13-18(27)25(2)16-6-4-3-5-7-16/h3-12H,13H2,1-2H3,(H,23,28). The van der Waals surface area contributed by atoms with Crippen LogP contribution in [0.3, 0.4) is 0 Å². The number of anilines is 1. The lowest BCUT2D eigenvalue weighted by atomic mass is 10.2. The maximum atomic E-state index is 13.0. The number of halogens is 1. The molecule has 7 nitrogen and oxygen atoms in total. The molecule has 0 spiro atoms. The normalized spacial score (nSPS) is 10.4.